The van der Waals surface area contributed by atoms with E-state index >= 15 is 0 Å². The molecule has 4 heteroatoms. The molecule has 0 saturated heterocycles. The molecule has 4 aromatic rings. The van der Waals surface area contributed by atoms with Crippen molar-refractivity contribution in [2.45, 2.75) is 26.2 Å². The first-order valence-corrected chi connectivity index (χ1v) is 8.63. The molecule has 126 valence electrons. The highest BCUT2D eigenvalue weighted by Crippen LogP contribution is 2.35. The molecule has 0 bridgehead atoms. The van der Waals surface area contributed by atoms with Crippen LogP contribution >= 0.6 is 11.6 Å². The van der Waals surface area contributed by atoms with Crippen LogP contribution in [0.15, 0.2) is 54.6 Å². The highest BCUT2D eigenvalue weighted by molar-refractivity contribution is 6.29. The van der Waals surface area contributed by atoms with Crippen molar-refractivity contribution in [3.63, 3.8) is 0 Å². The Balaban J connectivity index is 2.13. The number of phenols is 1. The van der Waals surface area contributed by atoms with Crippen LogP contribution in [0.2, 0.25) is 5.15 Å². The van der Waals surface area contributed by atoms with Gasteiger partial charge in [-0.15, -0.1) is 0 Å². The molecule has 0 aliphatic rings. The lowest BCUT2D eigenvalue weighted by molar-refractivity contribution is 0.476. The lowest BCUT2D eigenvalue weighted by atomic mass is 9.88. The predicted molar refractivity (Wildman–Crippen MR) is 104 cm³/mol. The van der Waals surface area contributed by atoms with Gasteiger partial charge in [0.25, 0.3) is 0 Å². The molecule has 0 saturated carbocycles. The van der Waals surface area contributed by atoms with E-state index in [1.165, 1.54) is 0 Å². The average molecular weight is 351 g/mol. The van der Waals surface area contributed by atoms with Crippen molar-refractivity contribution >= 4 is 33.4 Å². The van der Waals surface area contributed by atoms with E-state index in [2.05, 4.69) is 48.5 Å². The van der Waals surface area contributed by atoms with Crippen LogP contribution in [0, 0.1) is 0 Å². The zero-order chi connectivity index (χ0) is 17.8. The number of phenolic OH excluding ortho intramolecular Hbond substituents is 1. The second-order valence-corrected chi connectivity index (χ2v) is 7.73. The van der Waals surface area contributed by atoms with Crippen LogP contribution < -0.4 is 0 Å². The number of hydrogen-bond acceptors (Lipinski definition) is 2. The van der Waals surface area contributed by atoms with E-state index < -0.39 is 0 Å². The molecular weight excluding hydrogens is 332 g/mol. The van der Waals surface area contributed by atoms with Crippen LogP contribution in [-0.2, 0) is 5.41 Å². The van der Waals surface area contributed by atoms with Crippen LogP contribution in [0.4, 0.5) is 0 Å². The van der Waals surface area contributed by atoms with Crippen molar-refractivity contribution in [1.82, 2.24) is 9.55 Å². The van der Waals surface area contributed by atoms with E-state index in [1.54, 1.807) is 12.1 Å². The van der Waals surface area contributed by atoms with Gasteiger partial charge < -0.3 is 5.11 Å². The Morgan fingerprint density at radius 2 is 1.64 bits per heavy atom. The van der Waals surface area contributed by atoms with Gasteiger partial charge in [0.2, 0.25) is 0 Å². The number of fused-ring (bicyclic) bond motifs is 3. The molecule has 0 aliphatic heterocycles. The van der Waals surface area contributed by atoms with Crippen LogP contribution in [0.1, 0.15) is 26.3 Å². The maximum atomic E-state index is 10.0. The number of benzene rings is 2. The maximum absolute atomic E-state index is 10.0. The van der Waals surface area contributed by atoms with Gasteiger partial charge in [0.1, 0.15) is 16.7 Å². The van der Waals surface area contributed by atoms with Crippen LogP contribution in [0.5, 0.6) is 5.75 Å². The van der Waals surface area contributed by atoms with Gasteiger partial charge in [-0.1, -0.05) is 50.6 Å². The minimum absolute atomic E-state index is 0.0395. The zero-order valence-corrected chi connectivity index (χ0v) is 15.2. The van der Waals surface area contributed by atoms with Gasteiger partial charge in [-0.2, -0.15) is 0 Å². The van der Waals surface area contributed by atoms with Crippen LogP contribution in [0.3, 0.4) is 0 Å². The van der Waals surface area contributed by atoms with Gasteiger partial charge in [0.05, 0.1) is 11.0 Å². The summed E-state index contributed by atoms with van der Waals surface area (Å²) in [6, 6.07) is 17.6. The van der Waals surface area contributed by atoms with Crippen molar-refractivity contribution in [3.8, 4) is 11.6 Å². The Morgan fingerprint density at radius 1 is 0.920 bits per heavy atom. The lowest BCUT2D eigenvalue weighted by Gasteiger charge is -2.20. The smallest absolute Gasteiger partial charge is 0.139 e. The molecular formula is C21H19ClN2O. The van der Waals surface area contributed by atoms with Crippen molar-refractivity contribution in [3.05, 3.63) is 65.3 Å². The third-order valence-corrected chi connectivity index (χ3v) is 4.73. The summed E-state index contributed by atoms with van der Waals surface area (Å²) in [6.07, 6.45) is 0. The number of pyridine rings is 1. The zero-order valence-electron chi connectivity index (χ0n) is 14.4. The summed E-state index contributed by atoms with van der Waals surface area (Å²) in [6.45, 7) is 6.46. The number of para-hydroxylation sites is 1. The van der Waals surface area contributed by atoms with E-state index in [1.807, 2.05) is 24.3 Å². The van der Waals surface area contributed by atoms with Crippen molar-refractivity contribution in [2.24, 2.45) is 0 Å². The molecule has 0 radical (unpaired) electrons. The van der Waals surface area contributed by atoms with Crippen molar-refractivity contribution in [1.29, 1.82) is 0 Å². The summed E-state index contributed by atoms with van der Waals surface area (Å²) >= 11 is 6.33. The fraction of sp³-hybridized carbons (Fsp3) is 0.190. The van der Waals surface area contributed by atoms with Gasteiger partial charge in [0.15, 0.2) is 0 Å². The fourth-order valence-electron chi connectivity index (χ4n) is 3.24. The largest absolute Gasteiger partial charge is 0.508 e. The molecule has 0 fully saturated rings. The molecule has 0 atom stereocenters. The van der Waals surface area contributed by atoms with Gasteiger partial charge >= 0.3 is 0 Å². The molecule has 25 heavy (non-hydrogen) atoms. The number of hydrogen-bond donors (Lipinski definition) is 1. The highest BCUT2D eigenvalue weighted by atomic mass is 35.5. The summed E-state index contributed by atoms with van der Waals surface area (Å²) in [5.41, 5.74) is 3.03. The Kier molecular flexibility index (Phi) is 3.51. The van der Waals surface area contributed by atoms with E-state index in [-0.39, 0.29) is 11.2 Å². The fourth-order valence-corrected chi connectivity index (χ4v) is 3.44. The second kappa shape index (κ2) is 5.50. The topological polar surface area (TPSA) is 38.0 Å². The molecule has 4 rings (SSSR count). The highest BCUT2D eigenvalue weighted by Gasteiger charge is 2.19. The number of aromatic nitrogens is 2. The number of halogens is 1. The SMILES string of the molecule is CC(C)(C)c1cc(Cl)nc(-n2c3ccccc3c3ccc(O)cc32)c1. The lowest BCUT2D eigenvalue weighted by Crippen LogP contribution is -2.12. The third-order valence-electron chi connectivity index (χ3n) is 4.53. The maximum Gasteiger partial charge on any atom is 0.139 e. The molecule has 2 aromatic carbocycles. The van der Waals surface area contributed by atoms with Crippen LogP contribution in [-0.4, -0.2) is 14.7 Å². The monoisotopic (exact) mass is 350 g/mol. The summed E-state index contributed by atoms with van der Waals surface area (Å²) in [5, 5.41) is 12.7. The standard InChI is InChI=1S/C21H19ClN2O/c1-21(2,3)13-10-19(22)23-20(11-13)24-17-7-5-4-6-15(17)16-9-8-14(25)12-18(16)24/h4-12,25H,1-3H3. The molecule has 0 amide bonds. The number of nitrogens with zero attached hydrogens (tertiary/aromatic N) is 2. The van der Waals surface area contributed by atoms with Gasteiger partial charge in [-0.05, 0) is 41.3 Å². The summed E-state index contributed by atoms with van der Waals surface area (Å²) in [5.74, 6) is 0.990. The Bertz CT molecular complexity index is 1110. The molecule has 0 unspecified atom stereocenters. The minimum Gasteiger partial charge on any atom is -0.508 e. The first-order valence-electron chi connectivity index (χ1n) is 8.25. The molecule has 2 heterocycles. The first kappa shape index (κ1) is 16.0. The Hall–Kier alpha value is -2.52. The van der Waals surface area contributed by atoms with E-state index in [4.69, 9.17) is 11.6 Å². The number of rotatable bonds is 1. The van der Waals surface area contributed by atoms with Crippen molar-refractivity contribution < 1.29 is 5.11 Å². The Morgan fingerprint density at radius 3 is 2.40 bits per heavy atom. The molecule has 0 spiro atoms. The molecule has 3 nitrogen and oxygen atoms in total. The molecule has 1 N–H and O–H groups in total. The molecule has 0 aliphatic carbocycles. The number of aromatic hydroxyl groups is 1. The van der Waals surface area contributed by atoms with E-state index in [9.17, 15) is 5.11 Å². The quantitative estimate of drug-likeness (QED) is 0.438. The third kappa shape index (κ3) is 2.65. The normalized spacial score (nSPS) is 12.2. The Labute approximate surface area is 151 Å². The van der Waals surface area contributed by atoms with Crippen LogP contribution in [0.25, 0.3) is 27.6 Å². The summed E-state index contributed by atoms with van der Waals surface area (Å²) < 4.78 is 2.06. The predicted octanol–water partition coefficient (Wildman–Crippen LogP) is 5.84. The van der Waals surface area contributed by atoms with Gasteiger partial charge in [0, 0.05) is 16.8 Å². The average Bonchev–Trinajstić information content (AvgIpc) is 2.86. The summed E-state index contributed by atoms with van der Waals surface area (Å²) in [7, 11) is 0. The summed E-state index contributed by atoms with van der Waals surface area (Å²) in [4.78, 5) is 4.57. The molecule has 2 aromatic heterocycles. The van der Waals surface area contributed by atoms with Gasteiger partial charge in [-0.25, -0.2) is 4.98 Å². The van der Waals surface area contributed by atoms with E-state index in [0.717, 1.165) is 33.2 Å². The van der Waals surface area contributed by atoms with Crippen molar-refractivity contribution in [2.75, 3.05) is 0 Å². The second-order valence-electron chi connectivity index (χ2n) is 7.34. The van der Waals surface area contributed by atoms with E-state index in [0.29, 0.717) is 5.15 Å². The minimum atomic E-state index is -0.0395. The first-order chi connectivity index (χ1) is 11.8. The van der Waals surface area contributed by atoms with Gasteiger partial charge in [-0.3, -0.25) is 4.57 Å².